The van der Waals surface area contributed by atoms with Gasteiger partial charge in [0.2, 0.25) is 0 Å². The van der Waals surface area contributed by atoms with E-state index in [4.69, 9.17) is 4.74 Å². The fourth-order valence-corrected chi connectivity index (χ4v) is 2.34. The molecule has 1 unspecified atom stereocenters. The van der Waals surface area contributed by atoms with E-state index in [1.165, 1.54) is 12.8 Å². The van der Waals surface area contributed by atoms with Crippen LogP contribution in [0.2, 0.25) is 0 Å². The van der Waals surface area contributed by atoms with E-state index in [-0.39, 0.29) is 5.54 Å². The van der Waals surface area contributed by atoms with Crippen molar-refractivity contribution in [2.24, 2.45) is 0 Å². The zero-order valence-electron chi connectivity index (χ0n) is 10.2. The van der Waals surface area contributed by atoms with E-state index < -0.39 is 0 Å². The Kier molecular flexibility index (Phi) is 2.84. The monoisotopic (exact) mass is 237 g/mol. The molecule has 6 heteroatoms. The second-order valence-electron chi connectivity index (χ2n) is 5.32. The van der Waals surface area contributed by atoms with Crippen molar-refractivity contribution in [1.29, 1.82) is 0 Å². The van der Waals surface area contributed by atoms with Gasteiger partial charge in [0.1, 0.15) is 0 Å². The highest BCUT2D eigenvalue weighted by molar-refractivity contribution is 4.93. The Hall–Kier alpha value is -1.01. The van der Waals surface area contributed by atoms with Gasteiger partial charge < -0.3 is 10.1 Å². The normalized spacial score (nSPS) is 29.5. The van der Waals surface area contributed by atoms with Crippen molar-refractivity contribution in [2.45, 2.75) is 50.7 Å². The molecule has 0 radical (unpaired) electrons. The molecule has 0 amide bonds. The van der Waals surface area contributed by atoms with Crippen molar-refractivity contribution < 1.29 is 4.74 Å². The molecule has 0 bridgehead atoms. The maximum atomic E-state index is 5.57. The third-order valence-electron chi connectivity index (χ3n) is 3.59. The fourth-order valence-electron chi connectivity index (χ4n) is 2.34. The first-order valence-corrected chi connectivity index (χ1v) is 6.37. The lowest BCUT2D eigenvalue weighted by atomic mass is 9.95. The van der Waals surface area contributed by atoms with Crippen LogP contribution in [0.5, 0.6) is 0 Å². The zero-order valence-corrected chi connectivity index (χ0v) is 10.2. The van der Waals surface area contributed by atoms with Crippen LogP contribution in [0.4, 0.5) is 0 Å². The van der Waals surface area contributed by atoms with Gasteiger partial charge in [-0.2, -0.15) is 0 Å². The first kappa shape index (κ1) is 11.1. The highest BCUT2D eigenvalue weighted by atomic mass is 16.5. The Balaban J connectivity index is 1.73. The molecule has 2 fully saturated rings. The van der Waals surface area contributed by atoms with E-state index in [9.17, 15) is 0 Å². The first-order valence-electron chi connectivity index (χ1n) is 6.37. The predicted octanol–water partition coefficient (Wildman–Crippen LogP) is 0.451. The van der Waals surface area contributed by atoms with Gasteiger partial charge >= 0.3 is 0 Å². The minimum atomic E-state index is -0.0810. The summed E-state index contributed by atoms with van der Waals surface area (Å²) in [4.78, 5) is 0. The van der Waals surface area contributed by atoms with Crippen LogP contribution in [0.15, 0.2) is 0 Å². The van der Waals surface area contributed by atoms with Gasteiger partial charge in [-0.3, -0.25) is 0 Å². The van der Waals surface area contributed by atoms with E-state index in [1.807, 2.05) is 4.68 Å². The Labute approximate surface area is 101 Å². The summed E-state index contributed by atoms with van der Waals surface area (Å²) >= 11 is 0. The third kappa shape index (κ3) is 2.32. The van der Waals surface area contributed by atoms with E-state index in [0.717, 1.165) is 31.8 Å². The molecule has 2 aliphatic rings. The molecule has 1 atom stereocenters. The summed E-state index contributed by atoms with van der Waals surface area (Å²) in [5.41, 5.74) is -0.0810. The van der Waals surface area contributed by atoms with Crippen molar-refractivity contribution in [1.82, 2.24) is 25.5 Å². The van der Waals surface area contributed by atoms with Crippen LogP contribution in [0.1, 0.15) is 38.4 Å². The van der Waals surface area contributed by atoms with Crippen LogP contribution in [0, 0.1) is 0 Å². The number of hydrogen-bond donors (Lipinski definition) is 1. The van der Waals surface area contributed by atoms with E-state index >= 15 is 0 Å². The van der Waals surface area contributed by atoms with Crippen LogP contribution < -0.4 is 5.32 Å². The maximum Gasteiger partial charge on any atom is 0.165 e. The summed E-state index contributed by atoms with van der Waals surface area (Å²) < 4.78 is 7.51. The topological polar surface area (TPSA) is 64.9 Å². The molecule has 1 aromatic heterocycles. The molecule has 1 saturated heterocycles. The molecular weight excluding hydrogens is 218 g/mol. The largest absolute Gasteiger partial charge is 0.379 e. The molecular formula is C11H19N5O. The Morgan fingerprint density at radius 1 is 1.53 bits per heavy atom. The fraction of sp³-hybridized carbons (Fsp3) is 0.909. The second-order valence-corrected chi connectivity index (χ2v) is 5.32. The van der Waals surface area contributed by atoms with Gasteiger partial charge in [0, 0.05) is 12.6 Å². The summed E-state index contributed by atoms with van der Waals surface area (Å²) in [6, 6.07) is 0.676. The average Bonchev–Trinajstić information content (AvgIpc) is 3.04. The van der Waals surface area contributed by atoms with Gasteiger partial charge in [-0.25, -0.2) is 4.68 Å². The molecule has 1 aliphatic heterocycles. The van der Waals surface area contributed by atoms with E-state index in [0.29, 0.717) is 12.6 Å². The number of nitrogens with one attached hydrogen (secondary N) is 1. The predicted molar refractivity (Wildman–Crippen MR) is 61.4 cm³/mol. The second kappa shape index (κ2) is 4.34. The zero-order chi connectivity index (χ0) is 11.7. The molecule has 2 heterocycles. The van der Waals surface area contributed by atoms with Crippen molar-refractivity contribution in [2.75, 3.05) is 13.2 Å². The first-order chi connectivity index (χ1) is 8.28. The van der Waals surface area contributed by atoms with Crippen LogP contribution in [-0.4, -0.2) is 39.5 Å². The summed E-state index contributed by atoms with van der Waals surface area (Å²) in [6.45, 7) is 4.48. The number of nitrogens with zero attached hydrogens (tertiary/aromatic N) is 4. The summed E-state index contributed by atoms with van der Waals surface area (Å²) in [5.74, 6) is 0.921. The van der Waals surface area contributed by atoms with Gasteiger partial charge in [-0.05, 0) is 43.0 Å². The van der Waals surface area contributed by atoms with Crippen LogP contribution in [-0.2, 0) is 16.8 Å². The van der Waals surface area contributed by atoms with Crippen LogP contribution in [0.3, 0.4) is 0 Å². The molecule has 0 aromatic carbocycles. The molecule has 1 N–H and O–H groups in total. The summed E-state index contributed by atoms with van der Waals surface area (Å²) in [6.07, 6.45) is 4.71. The number of aromatic nitrogens is 4. The number of ether oxygens (including phenoxy) is 1. The Morgan fingerprint density at radius 3 is 3.12 bits per heavy atom. The quantitative estimate of drug-likeness (QED) is 0.823. The molecule has 0 spiro atoms. The van der Waals surface area contributed by atoms with Crippen molar-refractivity contribution in [3.05, 3.63) is 5.82 Å². The van der Waals surface area contributed by atoms with E-state index in [1.54, 1.807) is 0 Å². The Bertz CT molecular complexity index is 381. The van der Waals surface area contributed by atoms with Gasteiger partial charge in [-0.15, -0.1) is 5.10 Å². The standard InChI is InChI=1S/C11H19N5O/c1-11(5-2-6-17-8-11)16-10(13-14-15-16)7-12-9-3-4-9/h9,12H,2-8H2,1H3. The van der Waals surface area contributed by atoms with Crippen LogP contribution >= 0.6 is 0 Å². The number of hydrogen-bond acceptors (Lipinski definition) is 5. The number of rotatable bonds is 4. The van der Waals surface area contributed by atoms with Gasteiger partial charge in [-0.1, -0.05) is 0 Å². The minimum absolute atomic E-state index is 0.0810. The lowest BCUT2D eigenvalue weighted by Crippen LogP contribution is -2.41. The molecule has 3 rings (SSSR count). The maximum absolute atomic E-state index is 5.57. The lowest BCUT2D eigenvalue weighted by Gasteiger charge is -2.33. The molecule has 1 saturated carbocycles. The molecule has 94 valence electrons. The lowest BCUT2D eigenvalue weighted by molar-refractivity contribution is 0.00100. The smallest absolute Gasteiger partial charge is 0.165 e. The van der Waals surface area contributed by atoms with Crippen LogP contribution in [0.25, 0.3) is 0 Å². The third-order valence-corrected chi connectivity index (χ3v) is 3.59. The molecule has 17 heavy (non-hydrogen) atoms. The highest BCUT2D eigenvalue weighted by Crippen LogP contribution is 2.27. The van der Waals surface area contributed by atoms with Gasteiger partial charge in [0.25, 0.3) is 0 Å². The molecule has 6 nitrogen and oxygen atoms in total. The summed E-state index contributed by atoms with van der Waals surface area (Å²) in [7, 11) is 0. The Morgan fingerprint density at radius 2 is 2.41 bits per heavy atom. The van der Waals surface area contributed by atoms with Crippen molar-refractivity contribution in [3.8, 4) is 0 Å². The molecule has 1 aromatic rings. The minimum Gasteiger partial charge on any atom is -0.379 e. The van der Waals surface area contributed by atoms with Gasteiger partial charge in [0.15, 0.2) is 5.82 Å². The average molecular weight is 237 g/mol. The van der Waals surface area contributed by atoms with E-state index in [2.05, 4.69) is 27.8 Å². The number of tetrazole rings is 1. The SMILES string of the molecule is CC1(n2nnnc2CNC2CC2)CCCOC1. The summed E-state index contributed by atoms with van der Waals surface area (Å²) in [5, 5.41) is 15.5. The highest BCUT2D eigenvalue weighted by Gasteiger charge is 2.33. The van der Waals surface area contributed by atoms with Gasteiger partial charge in [0.05, 0.1) is 18.7 Å². The molecule has 1 aliphatic carbocycles. The van der Waals surface area contributed by atoms with Crippen molar-refractivity contribution >= 4 is 0 Å². The van der Waals surface area contributed by atoms with Crippen molar-refractivity contribution in [3.63, 3.8) is 0 Å².